The van der Waals surface area contributed by atoms with E-state index < -0.39 is 11.4 Å². The van der Waals surface area contributed by atoms with Crippen molar-refractivity contribution in [2.45, 2.75) is 26.7 Å². The van der Waals surface area contributed by atoms with E-state index in [1.54, 1.807) is 13.8 Å². The van der Waals surface area contributed by atoms with Crippen LogP contribution in [0.2, 0.25) is 0 Å². The Bertz CT molecular complexity index is 469. The number of anilines is 2. The number of aliphatic carboxylic acids is 1. The fourth-order valence-corrected chi connectivity index (χ4v) is 2.38. The summed E-state index contributed by atoms with van der Waals surface area (Å²) < 4.78 is 0. The van der Waals surface area contributed by atoms with Crippen LogP contribution in [0, 0.1) is 5.41 Å². The molecule has 0 saturated heterocycles. The van der Waals surface area contributed by atoms with Crippen LogP contribution < -0.4 is 10.6 Å². The van der Waals surface area contributed by atoms with E-state index in [0.717, 1.165) is 30.8 Å². The first-order valence-electron chi connectivity index (χ1n) is 6.27. The quantitative estimate of drug-likeness (QED) is 0.804. The van der Waals surface area contributed by atoms with E-state index in [4.69, 9.17) is 5.73 Å². The SMILES string of the molecule is CC(C)(CN1CCCc2ccc(N)cc21)C(=O)O. The van der Waals surface area contributed by atoms with Gasteiger partial charge in [-0.15, -0.1) is 0 Å². The van der Waals surface area contributed by atoms with Gasteiger partial charge in [0.15, 0.2) is 0 Å². The van der Waals surface area contributed by atoms with Crippen LogP contribution in [-0.2, 0) is 11.2 Å². The highest BCUT2D eigenvalue weighted by molar-refractivity contribution is 5.75. The first-order valence-corrected chi connectivity index (χ1v) is 6.27. The van der Waals surface area contributed by atoms with E-state index in [1.165, 1.54) is 5.56 Å². The van der Waals surface area contributed by atoms with E-state index in [9.17, 15) is 9.90 Å². The second kappa shape index (κ2) is 4.52. The van der Waals surface area contributed by atoms with Crippen molar-refractivity contribution in [3.05, 3.63) is 23.8 Å². The molecular formula is C14H20N2O2. The lowest BCUT2D eigenvalue weighted by Crippen LogP contribution is -2.41. The van der Waals surface area contributed by atoms with Gasteiger partial charge in [0, 0.05) is 24.5 Å². The van der Waals surface area contributed by atoms with E-state index in [0.29, 0.717) is 6.54 Å². The summed E-state index contributed by atoms with van der Waals surface area (Å²) in [5.74, 6) is -0.765. The maximum absolute atomic E-state index is 11.2. The highest BCUT2D eigenvalue weighted by Gasteiger charge is 2.31. The minimum absolute atomic E-state index is 0.513. The lowest BCUT2D eigenvalue weighted by atomic mass is 9.91. The molecule has 0 spiro atoms. The van der Waals surface area contributed by atoms with Crippen molar-refractivity contribution in [3.8, 4) is 0 Å². The normalized spacial score (nSPS) is 15.3. The number of hydrogen-bond acceptors (Lipinski definition) is 3. The lowest BCUT2D eigenvalue weighted by Gasteiger charge is -2.36. The summed E-state index contributed by atoms with van der Waals surface area (Å²) in [6.07, 6.45) is 2.10. The molecule has 0 bridgehead atoms. The average molecular weight is 248 g/mol. The van der Waals surface area contributed by atoms with Crippen LogP contribution in [0.4, 0.5) is 11.4 Å². The van der Waals surface area contributed by atoms with Crippen molar-refractivity contribution >= 4 is 17.3 Å². The van der Waals surface area contributed by atoms with E-state index in [2.05, 4.69) is 4.90 Å². The molecule has 0 atom stereocenters. The third-order valence-corrected chi connectivity index (χ3v) is 3.49. The lowest BCUT2D eigenvalue weighted by molar-refractivity contribution is -0.146. The van der Waals surface area contributed by atoms with Crippen molar-refractivity contribution in [2.24, 2.45) is 5.41 Å². The number of carboxylic acids is 1. The van der Waals surface area contributed by atoms with Crippen molar-refractivity contribution in [1.29, 1.82) is 0 Å². The second-order valence-electron chi connectivity index (χ2n) is 5.60. The van der Waals surface area contributed by atoms with Crippen LogP contribution in [0.1, 0.15) is 25.8 Å². The summed E-state index contributed by atoms with van der Waals surface area (Å²) in [7, 11) is 0. The second-order valence-corrected chi connectivity index (χ2v) is 5.60. The molecule has 1 heterocycles. The minimum atomic E-state index is -0.765. The highest BCUT2D eigenvalue weighted by atomic mass is 16.4. The van der Waals surface area contributed by atoms with Crippen molar-refractivity contribution in [1.82, 2.24) is 0 Å². The Morgan fingerprint density at radius 3 is 2.89 bits per heavy atom. The fourth-order valence-electron chi connectivity index (χ4n) is 2.38. The predicted octanol–water partition coefficient (Wildman–Crippen LogP) is 2.13. The smallest absolute Gasteiger partial charge is 0.310 e. The maximum Gasteiger partial charge on any atom is 0.310 e. The first kappa shape index (κ1) is 12.7. The number of aryl methyl sites for hydroxylation is 1. The number of benzene rings is 1. The molecule has 2 rings (SSSR count). The van der Waals surface area contributed by atoms with Gasteiger partial charge in [0.2, 0.25) is 0 Å². The van der Waals surface area contributed by atoms with Gasteiger partial charge in [-0.25, -0.2) is 0 Å². The molecule has 0 aliphatic carbocycles. The molecule has 1 aliphatic rings. The summed E-state index contributed by atoms with van der Waals surface area (Å²) in [6.45, 7) is 4.93. The monoisotopic (exact) mass is 248 g/mol. The molecule has 0 saturated carbocycles. The molecule has 0 unspecified atom stereocenters. The minimum Gasteiger partial charge on any atom is -0.481 e. The van der Waals surface area contributed by atoms with Crippen molar-refractivity contribution in [3.63, 3.8) is 0 Å². The van der Waals surface area contributed by atoms with Crippen molar-refractivity contribution in [2.75, 3.05) is 23.7 Å². The summed E-state index contributed by atoms with van der Waals surface area (Å²) in [6, 6.07) is 5.90. The van der Waals surface area contributed by atoms with Crippen LogP contribution in [-0.4, -0.2) is 24.2 Å². The number of hydrogen-bond donors (Lipinski definition) is 2. The summed E-state index contributed by atoms with van der Waals surface area (Å²) in [5, 5.41) is 9.22. The average Bonchev–Trinajstić information content (AvgIpc) is 2.29. The zero-order valence-electron chi connectivity index (χ0n) is 10.9. The number of nitrogens with zero attached hydrogens (tertiary/aromatic N) is 1. The molecule has 0 fully saturated rings. The molecule has 4 nitrogen and oxygen atoms in total. The van der Waals surface area contributed by atoms with Crippen molar-refractivity contribution < 1.29 is 9.90 Å². The molecular weight excluding hydrogens is 228 g/mol. The zero-order chi connectivity index (χ0) is 13.3. The molecule has 1 aliphatic heterocycles. The van der Waals surface area contributed by atoms with Crippen LogP contribution >= 0.6 is 0 Å². The summed E-state index contributed by atoms with van der Waals surface area (Å²) >= 11 is 0. The molecule has 1 aromatic rings. The zero-order valence-corrected chi connectivity index (χ0v) is 10.9. The first-order chi connectivity index (χ1) is 8.40. The molecule has 0 aromatic heterocycles. The molecule has 18 heavy (non-hydrogen) atoms. The Balaban J connectivity index is 2.27. The number of nitrogen functional groups attached to an aromatic ring is 1. The number of carboxylic acid groups (broad SMARTS) is 1. The topological polar surface area (TPSA) is 66.6 Å². The largest absolute Gasteiger partial charge is 0.481 e. The predicted molar refractivity (Wildman–Crippen MR) is 72.8 cm³/mol. The highest BCUT2D eigenvalue weighted by Crippen LogP contribution is 2.31. The maximum atomic E-state index is 11.2. The van der Waals surface area contributed by atoms with Crippen LogP contribution in [0.25, 0.3) is 0 Å². The molecule has 0 radical (unpaired) electrons. The number of fused-ring (bicyclic) bond motifs is 1. The fraction of sp³-hybridized carbons (Fsp3) is 0.500. The van der Waals surface area contributed by atoms with E-state index in [1.807, 2.05) is 18.2 Å². The van der Waals surface area contributed by atoms with Gasteiger partial charge in [0.25, 0.3) is 0 Å². The Morgan fingerprint density at radius 1 is 1.50 bits per heavy atom. The standard InChI is InChI=1S/C14H20N2O2/c1-14(2,13(17)18)9-16-7-3-4-10-5-6-11(15)8-12(10)16/h5-6,8H,3-4,7,9,15H2,1-2H3,(H,17,18). The Labute approximate surface area is 107 Å². The number of rotatable bonds is 3. The van der Waals surface area contributed by atoms with Gasteiger partial charge < -0.3 is 15.7 Å². The van der Waals surface area contributed by atoms with Gasteiger partial charge in [-0.3, -0.25) is 4.79 Å². The van der Waals surface area contributed by atoms with E-state index >= 15 is 0 Å². The van der Waals surface area contributed by atoms with Gasteiger partial charge in [-0.2, -0.15) is 0 Å². The van der Waals surface area contributed by atoms with Gasteiger partial charge in [-0.1, -0.05) is 6.07 Å². The van der Waals surface area contributed by atoms with Crippen LogP contribution in [0.15, 0.2) is 18.2 Å². The Morgan fingerprint density at radius 2 is 2.22 bits per heavy atom. The van der Waals surface area contributed by atoms with Gasteiger partial charge in [0.05, 0.1) is 5.41 Å². The van der Waals surface area contributed by atoms with Crippen LogP contribution in [0.3, 0.4) is 0 Å². The van der Waals surface area contributed by atoms with Gasteiger partial charge in [-0.05, 0) is 44.4 Å². The van der Waals surface area contributed by atoms with Crippen LogP contribution in [0.5, 0.6) is 0 Å². The molecule has 0 amide bonds. The Kier molecular flexibility index (Phi) is 3.20. The molecule has 4 heteroatoms. The molecule has 1 aromatic carbocycles. The summed E-state index contributed by atoms with van der Waals surface area (Å²) in [5.41, 5.74) is 8.16. The third-order valence-electron chi connectivity index (χ3n) is 3.49. The summed E-state index contributed by atoms with van der Waals surface area (Å²) in [4.78, 5) is 13.4. The number of nitrogens with two attached hydrogens (primary N) is 1. The third kappa shape index (κ3) is 2.42. The van der Waals surface area contributed by atoms with Gasteiger partial charge in [0.1, 0.15) is 0 Å². The van der Waals surface area contributed by atoms with Gasteiger partial charge >= 0.3 is 5.97 Å². The Hall–Kier alpha value is -1.71. The van der Waals surface area contributed by atoms with E-state index in [-0.39, 0.29) is 0 Å². The molecule has 3 N–H and O–H groups in total. The molecule has 98 valence electrons. The number of carbonyl (C=O) groups is 1.